The first-order valence-electron chi connectivity index (χ1n) is 3.54. The molecule has 0 radical (unpaired) electrons. The molecule has 1 aromatic rings. The highest BCUT2D eigenvalue weighted by Crippen LogP contribution is 2.26. The minimum Gasteiger partial charge on any atom is -0.480 e. The van der Waals surface area contributed by atoms with Gasteiger partial charge in [-0.25, -0.2) is 0 Å². The van der Waals surface area contributed by atoms with Crippen molar-refractivity contribution in [1.82, 2.24) is 5.16 Å². The second-order valence-corrected chi connectivity index (χ2v) is 2.55. The third-order valence-electron chi connectivity index (χ3n) is 1.59. The van der Waals surface area contributed by atoms with Crippen molar-refractivity contribution in [3.63, 3.8) is 0 Å². The summed E-state index contributed by atoms with van der Waals surface area (Å²) in [5.41, 5.74) is 4.67. The summed E-state index contributed by atoms with van der Waals surface area (Å²) in [7, 11) is 0. The number of nitro groups is 1. The molecule has 0 amide bonds. The number of aryl methyl sites for hydroxylation is 1. The van der Waals surface area contributed by atoms with Gasteiger partial charge in [-0.1, -0.05) is 5.16 Å². The van der Waals surface area contributed by atoms with Crippen molar-refractivity contribution in [3.8, 4) is 0 Å². The summed E-state index contributed by atoms with van der Waals surface area (Å²) in [5, 5.41) is 22.3. The van der Waals surface area contributed by atoms with E-state index >= 15 is 0 Å². The molecular weight excluding hydrogens is 194 g/mol. The maximum absolute atomic E-state index is 10.5. The molecule has 0 aliphatic carbocycles. The normalized spacial score (nSPS) is 12.4. The van der Waals surface area contributed by atoms with Crippen LogP contribution >= 0.6 is 0 Å². The molecule has 0 saturated heterocycles. The van der Waals surface area contributed by atoms with Crippen molar-refractivity contribution >= 4 is 11.7 Å². The molecule has 14 heavy (non-hydrogen) atoms. The predicted molar refractivity (Wildman–Crippen MR) is 42.5 cm³/mol. The van der Waals surface area contributed by atoms with Crippen LogP contribution in [0, 0.1) is 17.0 Å². The lowest BCUT2D eigenvalue weighted by atomic mass is 10.2. The molecule has 1 aromatic heterocycles. The summed E-state index contributed by atoms with van der Waals surface area (Å²) >= 11 is 0. The van der Waals surface area contributed by atoms with E-state index < -0.39 is 28.4 Å². The van der Waals surface area contributed by atoms with Gasteiger partial charge in [0.05, 0.1) is 4.92 Å². The van der Waals surface area contributed by atoms with Crippen LogP contribution in [0.2, 0.25) is 0 Å². The molecule has 3 N–H and O–H groups in total. The Labute approximate surface area is 77.4 Å². The van der Waals surface area contributed by atoms with Crippen molar-refractivity contribution in [2.24, 2.45) is 5.73 Å². The molecule has 0 bridgehead atoms. The van der Waals surface area contributed by atoms with E-state index in [0.29, 0.717) is 0 Å². The number of hydrogen-bond donors (Lipinski definition) is 2. The maximum atomic E-state index is 10.5. The molecule has 0 aliphatic rings. The van der Waals surface area contributed by atoms with Gasteiger partial charge in [-0.05, 0) is 6.92 Å². The maximum Gasteiger partial charge on any atom is 0.336 e. The van der Waals surface area contributed by atoms with E-state index in [1.165, 1.54) is 6.92 Å². The Hall–Kier alpha value is -1.96. The molecule has 1 heterocycles. The van der Waals surface area contributed by atoms with Gasteiger partial charge in [0.1, 0.15) is 0 Å². The fourth-order valence-corrected chi connectivity index (χ4v) is 0.921. The molecule has 8 heteroatoms. The van der Waals surface area contributed by atoms with Crippen LogP contribution in [0.3, 0.4) is 0 Å². The van der Waals surface area contributed by atoms with Gasteiger partial charge in [0, 0.05) is 0 Å². The molecule has 0 saturated carbocycles. The largest absolute Gasteiger partial charge is 0.480 e. The molecular formula is C6H7N3O5. The Morgan fingerprint density at radius 3 is 2.79 bits per heavy atom. The van der Waals surface area contributed by atoms with Crippen LogP contribution in [0.15, 0.2) is 4.52 Å². The number of carboxylic acid groups (broad SMARTS) is 1. The van der Waals surface area contributed by atoms with Crippen LogP contribution in [0.25, 0.3) is 0 Å². The number of aliphatic carboxylic acids is 1. The van der Waals surface area contributed by atoms with Gasteiger partial charge in [0.2, 0.25) is 5.76 Å². The summed E-state index contributed by atoms with van der Waals surface area (Å²) < 4.78 is 4.48. The fraction of sp³-hybridized carbons (Fsp3) is 0.333. The number of hydrogen-bond acceptors (Lipinski definition) is 6. The molecule has 1 atom stereocenters. The Balaban J connectivity index is 3.22. The smallest absolute Gasteiger partial charge is 0.336 e. The van der Waals surface area contributed by atoms with E-state index in [4.69, 9.17) is 10.8 Å². The number of carboxylic acids is 1. The zero-order chi connectivity index (χ0) is 10.9. The molecule has 1 unspecified atom stereocenters. The first-order valence-corrected chi connectivity index (χ1v) is 3.54. The van der Waals surface area contributed by atoms with Crippen LogP contribution in [0.1, 0.15) is 17.5 Å². The average Bonchev–Trinajstić information content (AvgIpc) is 2.45. The lowest BCUT2D eigenvalue weighted by Gasteiger charge is -1.99. The summed E-state index contributed by atoms with van der Waals surface area (Å²) in [5.74, 6) is -1.86. The predicted octanol–water partition coefficient (Wildman–Crippen LogP) is -0.0244. The minimum absolute atomic E-state index is 0.00157. The topological polar surface area (TPSA) is 132 Å². The van der Waals surface area contributed by atoms with E-state index in [1.807, 2.05) is 0 Å². The standard InChI is InChI=1S/C6H7N3O5/c1-2-4(9(12)13)5(14-8-2)3(7)6(10)11/h3H,7H2,1H3,(H,10,11). The van der Waals surface area contributed by atoms with E-state index in [2.05, 4.69) is 9.68 Å². The second-order valence-electron chi connectivity index (χ2n) is 2.55. The monoisotopic (exact) mass is 201 g/mol. The van der Waals surface area contributed by atoms with Gasteiger partial charge in [0.15, 0.2) is 11.7 Å². The summed E-state index contributed by atoms with van der Waals surface area (Å²) in [6, 6.07) is -1.57. The first kappa shape index (κ1) is 10.1. The number of nitrogens with two attached hydrogens (primary N) is 1. The lowest BCUT2D eigenvalue weighted by Crippen LogP contribution is -2.21. The van der Waals surface area contributed by atoms with Crippen molar-refractivity contribution in [3.05, 3.63) is 21.6 Å². The van der Waals surface area contributed by atoms with Crippen LogP contribution in [-0.4, -0.2) is 21.2 Å². The molecule has 1 rings (SSSR count). The zero-order valence-corrected chi connectivity index (χ0v) is 7.13. The fourth-order valence-electron chi connectivity index (χ4n) is 0.921. The Kier molecular flexibility index (Phi) is 2.47. The third-order valence-corrected chi connectivity index (χ3v) is 1.59. The highest BCUT2D eigenvalue weighted by atomic mass is 16.6. The van der Waals surface area contributed by atoms with Crippen molar-refractivity contribution in [2.45, 2.75) is 13.0 Å². The SMILES string of the molecule is Cc1noc(C(N)C(=O)O)c1[N+](=O)[O-]. The minimum atomic E-state index is -1.57. The van der Waals surface area contributed by atoms with Crippen molar-refractivity contribution in [1.29, 1.82) is 0 Å². The number of carbonyl (C=O) groups is 1. The molecule has 76 valence electrons. The Morgan fingerprint density at radius 2 is 2.36 bits per heavy atom. The van der Waals surface area contributed by atoms with Crippen LogP contribution in [0.5, 0.6) is 0 Å². The Morgan fingerprint density at radius 1 is 1.79 bits per heavy atom. The van der Waals surface area contributed by atoms with E-state index in [9.17, 15) is 14.9 Å². The molecule has 0 spiro atoms. The molecule has 0 fully saturated rings. The van der Waals surface area contributed by atoms with Crippen molar-refractivity contribution in [2.75, 3.05) is 0 Å². The number of rotatable bonds is 3. The van der Waals surface area contributed by atoms with Gasteiger partial charge in [-0.2, -0.15) is 0 Å². The summed E-state index contributed by atoms with van der Waals surface area (Å²) in [6.45, 7) is 1.33. The Bertz CT molecular complexity index is 385. The van der Waals surface area contributed by atoms with Gasteiger partial charge in [-0.15, -0.1) is 0 Å². The number of nitrogens with zero attached hydrogens (tertiary/aromatic N) is 2. The van der Waals surface area contributed by atoms with Gasteiger partial charge >= 0.3 is 11.7 Å². The molecule has 0 aliphatic heterocycles. The van der Waals surface area contributed by atoms with Crippen molar-refractivity contribution < 1.29 is 19.3 Å². The highest BCUT2D eigenvalue weighted by molar-refractivity contribution is 5.75. The number of aromatic nitrogens is 1. The van der Waals surface area contributed by atoms with Gasteiger partial charge < -0.3 is 15.4 Å². The zero-order valence-electron chi connectivity index (χ0n) is 7.13. The summed E-state index contributed by atoms with van der Waals surface area (Å²) in [6.07, 6.45) is 0. The van der Waals surface area contributed by atoms with Gasteiger partial charge in [-0.3, -0.25) is 14.9 Å². The average molecular weight is 201 g/mol. The van der Waals surface area contributed by atoms with E-state index in [1.54, 1.807) is 0 Å². The summed E-state index contributed by atoms with van der Waals surface area (Å²) in [4.78, 5) is 20.2. The van der Waals surface area contributed by atoms with Crippen LogP contribution in [0.4, 0.5) is 5.69 Å². The lowest BCUT2D eigenvalue weighted by molar-refractivity contribution is -0.386. The first-order chi connectivity index (χ1) is 6.45. The van der Waals surface area contributed by atoms with E-state index in [-0.39, 0.29) is 5.69 Å². The van der Waals surface area contributed by atoms with Crippen LogP contribution in [-0.2, 0) is 4.79 Å². The molecule has 8 nitrogen and oxygen atoms in total. The van der Waals surface area contributed by atoms with Gasteiger partial charge in [0.25, 0.3) is 0 Å². The van der Waals surface area contributed by atoms with E-state index in [0.717, 1.165) is 0 Å². The van der Waals surface area contributed by atoms with Crippen LogP contribution < -0.4 is 5.73 Å². The quantitative estimate of drug-likeness (QED) is 0.518. The third kappa shape index (κ3) is 1.55. The second kappa shape index (κ2) is 3.42. The molecule has 0 aromatic carbocycles. The highest BCUT2D eigenvalue weighted by Gasteiger charge is 2.32.